The molecule has 1 heterocycles. The van der Waals surface area contributed by atoms with Crippen LogP contribution in [0, 0.1) is 5.41 Å². The fourth-order valence-electron chi connectivity index (χ4n) is 4.57. The molecule has 0 aliphatic heterocycles. The third-order valence-corrected chi connectivity index (χ3v) is 6.30. The van der Waals surface area contributed by atoms with E-state index in [1.165, 1.54) is 17.5 Å². The Balaban J connectivity index is 1.59. The van der Waals surface area contributed by atoms with Crippen LogP contribution < -0.4 is 5.32 Å². The van der Waals surface area contributed by atoms with E-state index in [1.54, 1.807) is 6.20 Å². The van der Waals surface area contributed by atoms with Gasteiger partial charge in [0.25, 0.3) is 0 Å². The Labute approximate surface area is 173 Å². The summed E-state index contributed by atoms with van der Waals surface area (Å²) in [5.74, 6) is 0.638. The summed E-state index contributed by atoms with van der Waals surface area (Å²) < 4.78 is 0. The minimum Gasteiger partial charge on any atom is -0.324 e. The predicted molar refractivity (Wildman–Crippen MR) is 120 cm³/mol. The van der Waals surface area contributed by atoms with Crippen molar-refractivity contribution in [3.63, 3.8) is 0 Å². The van der Waals surface area contributed by atoms with Crippen LogP contribution in [0.3, 0.4) is 0 Å². The number of pyridine rings is 1. The van der Waals surface area contributed by atoms with Gasteiger partial charge in [-0.05, 0) is 48.4 Å². The van der Waals surface area contributed by atoms with Gasteiger partial charge < -0.3 is 5.32 Å². The highest BCUT2D eigenvalue weighted by atomic mass is 16.2. The molecule has 1 aliphatic rings. The average molecular weight is 387 g/mol. The highest BCUT2D eigenvalue weighted by molar-refractivity contribution is 5.97. The first-order valence-corrected chi connectivity index (χ1v) is 10.8. The summed E-state index contributed by atoms with van der Waals surface area (Å²) in [6, 6.07) is 18.8. The van der Waals surface area contributed by atoms with Crippen LogP contribution in [-0.4, -0.2) is 10.9 Å². The predicted octanol–water partition coefficient (Wildman–Crippen LogP) is 6.49. The summed E-state index contributed by atoms with van der Waals surface area (Å²) in [6.07, 6.45) is 7.94. The monoisotopic (exact) mass is 386 g/mol. The van der Waals surface area contributed by atoms with Crippen molar-refractivity contribution in [1.82, 2.24) is 4.98 Å². The Morgan fingerprint density at radius 2 is 1.83 bits per heavy atom. The van der Waals surface area contributed by atoms with Gasteiger partial charge in [-0.1, -0.05) is 75.6 Å². The van der Waals surface area contributed by atoms with Gasteiger partial charge in [-0.15, -0.1) is 0 Å². The van der Waals surface area contributed by atoms with E-state index in [1.807, 2.05) is 30.3 Å². The second-order valence-electron chi connectivity index (χ2n) is 8.79. The van der Waals surface area contributed by atoms with Gasteiger partial charge in [0.15, 0.2) is 0 Å². The molecule has 1 aromatic heterocycles. The summed E-state index contributed by atoms with van der Waals surface area (Å²) in [5.41, 5.74) is 4.01. The molecule has 3 aromatic rings. The molecule has 0 saturated heterocycles. The fraction of sp³-hybridized carbons (Fsp3) is 0.385. The molecule has 1 saturated carbocycles. The van der Waals surface area contributed by atoms with E-state index < -0.39 is 0 Å². The molecule has 4 rings (SSSR count). The van der Waals surface area contributed by atoms with E-state index in [0.29, 0.717) is 5.92 Å². The maximum Gasteiger partial charge on any atom is 0.230 e. The first-order chi connectivity index (χ1) is 14.1. The van der Waals surface area contributed by atoms with Gasteiger partial charge in [-0.2, -0.15) is 0 Å². The van der Waals surface area contributed by atoms with Crippen LogP contribution in [0.2, 0.25) is 0 Å². The van der Waals surface area contributed by atoms with Gasteiger partial charge in [0, 0.05) is 5.39 Å². The zero-order valence-electron chi connectivity index (χ0n) is 17.4. The lowest BCUT2D eigenvalue weighted by Gasteiger charge is -2.36. The smallest absolute Gasteiger partial charge is 0.230 e. The number of benzene rings is 2. The fourth-order valence-corrected chi connectivity index (χ4v) is 4.57. The second kappa shape index (κ2) is 8.36. The Bertz CT molecular complexity index is 1000. The number of para-hydroxylation sites is 1. The number of aromatic nitrogens is 1. The van der Waals surface area contributed by atoms with Gasteiger partial charge in [-0.25, -0.2) is 0 Å². The molecule has 0 radical (unpaired) electrons. The molecule has 150 valence electrons. The number of rotatable bonds is 5. The molecule has 3 nitrogen and oxygen atoms in total. The van der Waals surface area contributed by atoms with Crippen LogP contribution in [-0.2, 0) is 11.2 Å². The van der Waals surface area contributed by atoms with E-state index in [4.69, 9.17) is 0 Å². The molecule has 2 aromatic carbocycles. The molecule has 3 heteroatoms. The standard InChI is InChI=1S/C26H30N2O/c1-19(2)21-11-8-9-20(15-21)17-26(13-6-3-7-14-26)25(29)28-23-16-22-10-4-5-12-24(22)27-18-23/h4-5,8-12,15-16,18-19H,3,6-7,13-14,17H2,1-2H3,(H,28,29). The topological polar surface area (TPSA) is 42.0 Å². The van der Waals surface area contributed by atoms with E-state index in [2.05, 4.69) is 48.4 Å². The number of carbonyl (C=O) groups excluding carboxylic acids is 1. The minimum atomic E-state index is -0.334. The SMILES string of the molecule is CC(C)c1cccc(CC2(C(=O)Nc3cnc4ccccc4c3)CCCCC2)c1. The molecule has 0 unspecified atom stereocenters. The minimum absolute atomic E-state index is 0.143. The zero-order valence-corrected chi connectivity index (χ0v) is 17.4. The molecule has 29 heavy (non-hydrogen) atoms. The summed E-state index contributed by atoms with van der Waals surface area (Å²) >= 11 is 0. The second-order valence-corrected chi connectivity index (χ2v) is 8.79. The van der Waals surface area contributed by atoms with Crippen molar-refractivity contribution in [1.29, 1.82) is 0 Å². The van der Waals surface area contributed by atoms with Crippen molar-refractivity contribution in [3.05, 3.63) is 71.9 Å². The van der Waals surface area contributed by atoms with Crippen molar-refractivity contribution in [2.24, 2.45) is 5.41 Å². The molecule has 1 N–H and O–H groups in total. The first kappa shape index (κ1) is 19.6. The van der Waals surface area contributed by atoms with Gasteiger partial charge in [0.05, 0.1) is 22.8 Å². The van der Waals surface area contributed by atoms with Gasteiger partial charge in [0.2, 0.25) is 5.91 Å². The number of carbonyl (C=O) groups is 1. The van der Waals surface area contributed by atoms with Crippen molar-refractivity contribution in [2.45, 2.75) is 58.3 Å². The Morgan fingerprint density at radius 3 is 2.62 bits per heavy atom. The number of fused-ring (bicyclic) bond motifs is 1. The lowest BCUT2D eigenvalue weighted by Crippen LogP contribution is -2.40. The van der Waals surface area contributed by atoms with E-state index in [0.717, 1.165) is 48.7 Å². The normalized spacial score (nSPS) is 16.1. The molecule has 1 fully saturated rings. The van der Waals surface area contributed by atoms with Crippen molar-refractivity contribution in [3.8, 4) is 0 Å². The van der Waals surface area contributed by atoms with Gasteiger partial charge in [0.1, 0.15) is 0 Å². The molecular formula is C26H30N2O. The zero-order chi connectivity index (χ0) is 20.3. The number of nitrogens with one attached hydrogen (secondary N) is 1. The molecule has 1 aliphatic carbocycles. The Hall–Kier alpha value is -2.68. The Kier molecular flexibility index (Phi) is 5.66. The molecule has 1 amide bonds. The molecular weight excluding hydrogens is 356 g/mol. The average Bonchev–Trinajstić information content (AvgIpc) is 2.74. The van der Waals surface area contributed by atoms with Gasteiger partial charge >= 0.3 is 0 Å². The van der Waals surface area contributed by atoms with Crippen LogP contribution >= 0.6 is 0 Å². The number of hydrogen-bond acceptors (Lipinski definition) is 2. The summed E-state index contributed by atoms with van der Waals surface area (Å²) in [5, 5.41) is 4.25. The lowest BCUT2D eigenvalue weighted by molar-refractivity contribution is -0.127. The van der Waals surface area contributed by atoms with Crippen molar-refractivity contribution >= 4 is 22.5 Å². The third kappa shape index (κ3) is 4.34. The van der Waals surface area contributed by atoms with Crippen LogP contribution in [0.1, 0.15) is 63.0 Å². The van der Waals surface area contributed by atoms with Crippen molar-refractivity contribution < 1.29 is 4.79 Å². The summed E-state index contributed by atoms with van der Waals surface area (Å²) in [7, 11) is 0. The van der Waals surface area contributed by atoms with Gasteiger partial charge in [-0.3, -0.25) is 9.78 Å². The number of amides is 1. The summed E-state index contributed by atoms with van der Waals surface area (Å²) in [6.45, 7) is 4.43. The molecule has 0 spiro atoms. The molecule has 0 bridgehead atoms. The van der Waals surface area contributed by atoms with Crippen LogP contribution in [0.4, 0.5) is 5.69 Å². The maximum absolute atomic E-state index is 13.5. The van der Waals surface area contributed by atoms with Crippen LogP contribution in [0.15, 0.2) is 60.8 Å². The Morgan fingerprint density at radius 1 is 1.03 bits per heavy atom. The summed E-state index contributed by atoms with van der Waals surface area (Å²) in [4.78, 5) is 18.0. The quantitative estimate of drug-likeness (QED) is 0.544. The highest BCUT2D eigenvalue weighted by Crippen LogP contribution is 2.40. The van der Waals surface area contributed by atoms with E-state index in [-0.39, 0.29) is 11.3 Å². The number of nitrogens with zero attached hydrogens (tertiary/aromatic N) is 1. The highest BCUT2D eigenvalue weighted by Gasteiger charge is 2.39. The lowest BCUT2D eigenvalue weighted by atomic mass is 9.69. The van der Waals surface area contributed by atoms with E-state index >= 15 is 0 Å². The third-order valence-electron chi connectivity index (χ3n) is 6.30. The molecule has 0 atom stereocenters. The maximum atomic E-state index is 13.5. The number of hydrogen-bond donors (Lipinski definition) is 1. The first-order valence-electron chi connectivity index (χ1n) is 10.8. The largest absolute Gasteiger partial charge is 0.324 e. The van der Waals surface area contributed by atoms with E-state index in [9.17, 15) is 4.79 Å². The van der Waals surface area contributed by atoms with Crippen LogP contribution in [0.25, 0.3) is 10.9 Å². The number of anilines is 1. The van der Waals surface area contributed by atoms with Crippen molar-refractivity contribution in [2.75, 3.05) is 5.32 Å². The van der Waals surface area contributed by atoms with Crippen LogP contribution in [0.5, 0.6) is 0 Å².